The zero-order chi connectivity index (χ0) is 10.0. The Labute approximate surface area is 86.0 Å². The number of likely N-dealkylation sites (tertiary alicyclic amines) is 1. The molecule has 2 saturated heterocycles. The highest BCUT2D eigenvalue weighted by Gasteiger charge is 2.36. The van der Waals surface area contributed by atoms with Gasteiger partial charge in [0.05, 0.1) is 0 Å². The average Bonchev–Trinajstić information content (AvgIpc) is 2.63. The fourth-order valence-electron chi connectivity index (χ4n) is 2.55. The van der Waals surface area contributed by atoms with Crippen LogP contribution in [0.25, 0.3) is 0 Å². The van der Waals surface area contributed by atoms with Gasteiger partial charge in [-0.1, -0.05) is 6.92 Å². The molecule has 3 nitrogen and oxygen atoms in total. The van der Waals surface area contributed by atoms with Crippen molar-refractivity contribution in [1.29, 1.82) is 0 Å². The molecular formula is C11H21NO2. The van der Waals surface area contributed by atoms with Crippen molar-refractivity contribution in [2.45, 2.75) is 32.2 Å². The predicted octanol–water partition coefficient (Wildman–Crippen LogP) is 0.870. The quantitative estimate of drug-likeness (QED) is 0.716. The molecular weight excluding hydrogens is 178 g/mol. The first-order valence-electron chi connectivity index (χ1n) is 5.66. The van der Waals surface area contributed by atoms with E-state index < -0.39 is 0 Å². The lowest BCUT2D eigenvalue weighted by Crippen LogP contribution is -2.39. The number of nitrogens with zero attached hydrogens (tertiary/aromatic N) is 1. The highest BCUT2D eigenvalue weighted by atomic mass is 16.5. The Morgan fingerprint density at radius 1 is 1.43 bits per heavy atom. The summed E-state index contributed by atoms with van der Waals surface area (Å²) in [6.45, 7) is 6.56. The molecule has 82 valence electrons. The van der Waals surface area contributed by atoms with Gasteiger partial charge in [-0.05, 0) is 25.8 Å². The average molecular weight is 199 g/mol. The Hall–Kier alpha value is -0.120. The molecule has 0 saturated carbocycles. The zero-order valence-corrected chi connectivity index (χ0v) is 9.04. The third kappa shape index (κ3) is 2.10. The van der Waals surface area contributed by atoms with E-state index in [0.717, 1.165) is 32.7 Å². The summed E-state index contributed by atoms with van der Waals surface area (Å²) in [6.07, 6.45) is 3.48. The van der Waals surface area contributed by atoms with E-state index in [0.29, 0.717) is 12.6 Å². The zero-order valence-electron chi connectivity index (χ0n) is 9.04. The van der Waals surface area contributed by atoms with Gasteiger partial charge in [0.25, 0.3) is 0 Å². The number of hydrogen-bond donors (Lipinski definition) is 1. The minimum Gasteiger partial charge on any atom is -0.396 e. The molecule has 0 aromatic carbocycles. The van der Waals surface area contributed by atoms with Crippen LogP contribution in [-0.4, -0.2) is 49.0 Å². The van der Waals surface area contributed by atoms with E-state index in [1.165, 1.54) is 12.8 Å². The van der Waals surface area contributed by atoms with Gasteiger partial charge in [0.2, 0.25) is 0 Å². The molecule has 0 radical (unpaired) electrons. The maximum absolute atomic E-state index is 9.29. The van der Waals surface area contributed by atoms with Gasteiger partial charge in [-0.25, -0.2) is 0 Å². The first-order chi connectivity index (χ1) is 6.73. The van der Waals surface area contributed by atoms with E-state index in [1.54, 1.807) is 0 Å². The van der Waals surface area contributed by atoms with Gasteiger partial charge in [-0.15, -0.1) is 0 Å². The van der Waals surface area contributed by atoms with E-state index in [9.17, 15) is 5.11 Å². The van der Waals surface area contributed by atoms with Crippen LogP contribution in [0.4, 0.5) is 0 Å². The number of hydrogen-bond acceptors (Lipinski definition) is 3. The highest BCUT2D eigenvalue weighted by molar-refractivity contribution is 4.89. The normalized spacial score (nSPS) is 36.4. The summed E-state index contributed by atoms with van der Waals surface area (Å²) in [5.41, 5.74) is 0.151. The summed E-state index contributed by atoms with van der Waals surface area (Å²) in [5.74, 6) is 0. The second kappa shape index (κ2) is 4.17. The largest absolute Gasteiger partial charge is 0.396 e. The molecule has 2 heterocycles. The fraction of sp³-hybridized carbons (Fsp3) is 1.00. The lowest BCUT2D eigenvalue weighted by molar-refractivity contribution is 0.0358. The summed E-state index contributed by atoms with van der Waals surface area (Å²) in [6, 6.07) is 0.706. The lowest BCUT2D eigenvalue weighted by Gasteiger charge is -2.32. The third-order valence-electron chi connectivity index (χ3n) is 3.68. The van der Waals surface area contributed by atoms with E-state index in [1.807, 2.05) is 0 Å². The number of aliphatic hydroxyl groups is 1. The molecule has 0 amide bonds. The SMILES string of the molecule is CC1(CO)CCN(C2CCOCC2)C1. The Morgan fingerprint density at radius 2 is 2.14 bits per heavy atom. The molecule has 2 aliphatic rings. The second-order valence-corrected chi connectivity index (χ2v) is 5.03. The summed E-state index contributed by atoms with van der Waals surface area (Å²) in [7, 11) is 0. The van der Waals surface area contributed by atoms with Crippen LogP contribution in [0, 0.1) is 5.41 Å². The molecule has 1 N–H and O–H groups in total. The molecule has 1 unspecified atom stereocenters. The van der Waals surface area contributed by atoms with Crippen LogP contribution >= 0.6 is 0 Å². The monoisotopic (exact) mass is 199 g/mol. The van der Waals surface area contributed by atoms with E-state index in [-0.39, 0.29) is 5.41 Å². The molecule has 2 fully saturated rings. The van der Waals surface area contributed by atoms with Crippen molar-refractivity contribution in [3.63, 3.8) is 0 Å². The molecule has 14 heavy (non-hydrogen) atoms. The minimum atomic E-state index is 0.151. The molecule has 0 aromatic heterocycles. The topological polar surface area (TPSA) is 32.7 Å². The number of rotatable bonds is 2. The predicted molar refractivity (Wildman–Crippen MR) is 55.2 cm³/mol. The van der Waals surface area contributed by atoms with Crippen molar-refractivity contribution in [2.24, 2.45) is 5.41 Å². The van der Waals surface area contributed by atoms with Crippen LogP contribution in [-0.2, 0) is 4.74 Å². The summed E-state index contributed by atoms with van der Waals surface area (Å²) >= 11 is 0. The molecule has 2 aliphatic heterocycles. The molecule has 0 aromatic rings. The Bertz CT molecular complexity index is 192. The van der Waals surface area contributed by atoms with Crippen LogP contribution < -0.4 is 0 Å². The number of aliphatic hydroxyl groups excluding tert-OH is 1. The van der Waals surface area contributed by atoms with Gasteiger partial charge >= 0.3 is 0 Å². The van der Waals surface area contributed by atoms with E-state index >= 15 is 0 Å². The first kappa shape index (κ1) is 10.4. The molecule has 2 rings (SSSR count). The van der Waals surface area contributed by atoms with Crippen LogP contribution in [0.5, 0.6) is 0 Å². The van der Waals surface area contributed by atoms with Crippen molar-refractivity contribution in [3.8, 4) is 0 Å². The van der Waals surface area contributed by atoms with Gasteiger partial charge in [0.1, 0.15) is 0 Å². The second-order valence-electron chi connectivity index (χ2n) is 5.03. The van der Waals surface area contributed by atoms with Crippen molar-refractivity contribution in [3.05, 3.63) is 0 Å². The Morgan fingerprint density at radius 3 is 2.71 bits per heavy atom. The van der Waals surface area contributed by atoms with Crippen molar-refractivity contribution in [1.82, 2.24) is 4.90 Å². The fourth-order valence-corrected chi connectivity index (χ4v) is 2.55. The van der Waals surface area contributed by atoms with Crippen molar-refractivity contribution >= 4 is 0 Å². The van der Waals surface area contributed by atoms with Crippen LogP contribution in [0.15, 0.2) is 0 Å². The molecule has 1 atom stereocenters. The smallest absolute Gasteiger partial charge is 0.0497 e. The van der Waals surface area contributed by atoms with Gasteiger partial charge in [-0.3, -0.25) is 4.90 Å². The third-order valence-corrected chi connectivity index (χ3v) is 3.68. The summed E-state index contributed by atoms with van der Waals surface area (Å²) in [5, 5.41) is 9.29. The van der Waals surface area contributed by atoms with Crippen molar-refractivity contribution < 1.29 is 9.84 Å². The van der Waals surface area contributed by atoms with Crippen LogP contribution in [0.2, 0.25) is 0 Å². The molecule has 3 heteroatoms. The number of ether oxygens (including phenoxy) is 1. The first-order valence-corrected chi connectivity index (χ1v) is 5.66. The standard InChI is InChI=1S/C11H21NO2/c1-11(9-13)4-5-12(8-11)10-2-6-14-7-3-10/h10,13H,2-9H2,1H3. The molecule has 0 spiro atoms. The maximum atomic E-state index is 9.29. The van der Waals surface area contributed by atoms with Crippen LogP contribution in [0.1, 0.15) is 26.2 Å². The van der Waals surface area contributed by atoms with Crippen LogP contribution in [0.3, 0.4) is 0 Å². The van der Waals surface area contributed by atoms with E-state index in [4.69, 9.17) is 4.74 Å². The summed E-state index contributed by atoms with van der Waals surface area (Å²) in [4.78, 5) is 2.54. The Kier molecular flexibility index (Phi) is 3.10. The van der Waals surface area contributed by atoms with Gasteiger partial charge in [0.15, 0.2) is 0 Å². The molecule has 0 aliphatic carbocycles. The van der Waals surface area contributed by atoms with Gasteiger partial charge in [-0.2, -0.15) is 0 Å². The maximum Gasteiger partial charge on any atom is 0.0497 e. The Balaban J connectivity index is 1.88. The van der Waals surface area contributed by atoms with Gasteiger partial charge in [0, 0.05) is 37.8 Å². The van der Waals surface area contributed by atoms with Crippen molar-refractivity contribution in [2.75, 3.05) is 32.9 Å². The summed E-state index contributed by atoms with van der Waals surface area (Å²) < 4.78 is 5.36. The van der Waals surface area contributed by atoms with E-state index in [2.05, 4.69) is 11.8 Å². The minimum absolute atomic E-state index is 0.151. The molecule has 0 bridgehead atoms. The highest BCUT2D eigenvalue weighted by Crippen LogP contribution is 2.32. The van der Waals surface area contributed by atoms with Gasteiger partial charge < -0.3 is 9.84 Å². The lowest BCUT2D eigenvalue weighted by atomic mass is 9.91.